The van der Waals surface area contributed by atoms with Gasteiger partial charge in [0.05, 0.1) is 5.02 Å². The molecule has 0 aliphatic rings. The van der Waals surface area contributed by atoms with Crippen LogP contribution < -0.4 is 0 Å². The van der Waals surface area contributed by atoms with Gasteiger partial charge in [-0.2, -0.15) is 0 Å². The quantitative estimate of drug-likeness (QED) is 0.659. The number of para-hydroxylation sites is 1. The highest BCUT2D eigenvalue weighted by Gasteiger charge is 2.06. The van der Waals surface area contributed by atoms with Gasteiger partial charge in [-0.3, -0.25) is 4.99 Å². The van der Waals surface area contributed by atoms with Crippen molar-refractivity contribution in [2.75, 3.05) is 6.54 Å². The monoisotopic (exact) mass is 332 g/mol. The van der Waals surface area contributed by atoms with Crippen LogP contribution in [0.4, 0.5) is 0 Å². The third-order valence-electron chi connectivity index (χ3n) is 3.47. The van der Waals surface area contributed by atoms with E-state index < -0.39 is 0 Å². The van der Waals surface area contributed by atoms with Crippen LogP contribution in [0, 0.1) is 0 Å². The molecule has 3 rings (SSSR count). The highest BCUT2D eigenvalue weighted by molar-refractivity contribution is 6.36. The SMILES string of the molecule is Oc1c(Cl)cc(Cl)cc1C=NCCc1c[nH]c2ccccc12. The lowest BCUT2D eigenvalue weighted by Crippen LogP contribution is -1.90. The molecule has 0 radical (unpaired) electrons. The molecule has 112 valence electrons. The van der Waals surface area contributed by atoms with E-state index in [1.54, 1.807) is 12.3 Å². The van der Waals surface area contributed by atoms with Crippen molar-refractivity contribution in [2.45, 2.75) is 6.42 Å². The van der Waals surface area contributed by atoms with Crippen molar-refractivity contribution < 1.29 is 5.11 Å². The van der Waals surface area contributed by atoms with E-state index in [2.05, 4.69) is 16.0 Å². The van der Waals surface area contributed by atoms with Crippen LogP contribution in [0.25, 0.3) is 10.9 Å². The normalized spacial score (nSPS) is 11.5. The van der Waals surface area contributed by atoms with E-state index in [0.717, 1.165) is 11.9 Å². The van der Waals surface area contributed by atoms with Gasteiger partial charge in [-0.1, -0.05) is 41.4 Å². The molecule has 2 aromatic carbocycles. The molecule has 0 fully saturated rings. The lowest BCUT2D eigenvalue weighted by molar-refractivity contribution is 0.474. The maximum Gasteiger partial charge on any atom is 0.143 e. The Morgan fingerprint density at radius 2 is 2.00 bits per heavy atom. The van der Waals surface area contributed by atoms with E-state index in [9.17, 15) is 5.11 Å². The van der Waals surface area contributed by atoms with Crippen molar-refractivity contribution in [2.24, 2.45) is 4.99 Å². The van der Waals surface area contributed by atoms with E-state index in [4.69, 9.17) is 23.2 Å². The van der Waals surface area contributed by atoms with Crippen LogP contribution >= 0.6 is 23.2 Å². The van der Waals surface area contributed by atoms with Gasteiger partial charge >= 0.3 is 0 Å². The molecule has 0 atom stereocenters. The number of hydrogen-bond donors (Lipinski definition) is 2. The van der Waals surface area contributed by atoms with Gasteiger partial charge in [0.2, 0.25) is 0 Å². The topological polar surface area (TPSA) is 48.4 Å². The molecule has 1 aromatic heterocycles. The third-order valence-corrected chi connectivity index (χ3v) is 3.98. The smallest absolute Gasteiger partial charge is 0.143 e. The number of nitrogens with zero attached hydrogens (tertiary/aromatic N) is 1. The van der Waals surface area contributed by atoms with Gasteiger partial charge in [0.1, 0.15) is 5.75 Å². The summed E-state index contributed by atoms with van der Waals surface area (Å²) in [5.41, 5.74) is 2.87. The molecule has 0 aliphatic carbocycles. The number of aromatic hydroxyl groups is 1. The number of hydrogen-bond acceptors (Lipinski definition) is 2. The highest BCUT2D eigenvalue weighted by atomic mass is 35.5. The Balaban J connectivity index is 1.71. The number of aromatic amines is 1. The Morgan fingerprint density at radius 3 is 2.86 bits per heavy atom. The summed E-state index contributed by atoms with van der Waals surface area (Å²) in [6.07, 6.45) is 4.42. The van der Waals surface area contributed by atoms with Gasteiger partial charge in [-0.25, -0.2) is 0 Å². The van der Waals surface area contributed by atoms with Gasteiger partial charge in [0, 0.05) is 40.4 Å². The molecule has 0 aliphatic heterocycles. The fourth-order valence-electron chi connectivity index (χ4n) is 2.37. The summed E-state index contributed by atoms with van der Waals surface area (Å²) in [5, 5.41) is 11.8. The van der Waals surface area contributed by atoms with E-state index in [1.807, 2.05) is 24.4 Å². The molecule has 22 heavy (non-hydrogen) atoms. The maximum atomic E-state index is 9.86. The lowest BCUT2D eigenvalue weighted by Gasteiger charge is -2.02. The second-order valence-corrected chi connectivity index (χ2v) is 5.81. The number of rotatable bonds is 4. The number of aromatic nitrogens is 1. The highest BCUT2D eigenvalue weighted by Crippen LogP contribution is 2.30. The minimum atomic E-state index is 0.00177. The Kier molecular flexibility index (Phi) is 4.36. The summed E-state index contributed by atoms with van der Waals surface area (Å²) < 4.78 is 0. The first-order valence-electron chi connectivity index (χ1n) is 6.88. The first kappa shape index (κ1) is 14.9. The molecule has 1 heterocycles. The van der Waals surface area contributed by atoms with E-state index in [-0.39, 0.29) is 10.8 Å². The van der Waals surface area contributed by atoms with E-state index in [0.29, 0.717) is 17.1 Å². The number of aliphatic imine (C=N–C) groups is 1. The maximum absolute atomic E-state index is 9.86. The van der Waals surface area contributed by atoms with Crippen LogP contribution in [0.1, 0.15) is 11.1 Å². The summed E-state index contributed by atoms with van der Waals surface area (Å²) in [7, 11) is 0. The van der Waals surface area contributed by atoms with Crippen molar-refractivity contribution in [3.05, 3.63) is 63.8 Å². The van der Waals surface area contributed by atoms with Gasteiger partial charge in [0.15, 0.2) is 0 Å². The Bertz CT molecular complexity index is 840. The fourth-order valence-corrected chi connectivity index (χ4v) is 2.88. The summed E-state index contributed by atoms with van der Waals surface area (Å²) in [6.45, 7) is 0.616. The first-order chi connectivity index (χ1) is 10.6. The van der Waals surface area contributed by atoms with Crippen LogP contribution in [-0.4, -0.2) is 22.8 Å². The van der Waals surface area contributed by atoms with E-state index in [1.165, 1.54) is 17.0 Å². The average molecular weight is 333 g/mol. The zero-order valence-electron chi connectivity index (χ0n) is 11.7. The zero-order chi connectivity index (χ0) is 15.5. The second-order valence-electron chi connectivity index (χ2n) is 4.97. The third kappa shape index (κ3) is 3.11. The van der Waals surface area contributed by atoms with Gasteiger partial charge in [-0.15, -0.1) is 0 Å². The van der Waals surface area contributed by atoms with Crippen molar-refractivity contribution in [1.82, 2.24) is 4.98 Å². The van der Waals surface area contributed by atoms with Crippen LogP contribution in [0.3, 0.4) is 0 Å². The van der Waals surface area contributed by atoms with Crippen molar-refractivity contribution in [1.29, 1.82) is 0 Å². The fraction of sp³-hybridized carbons (Fsp3) is 0.118. The molecular formula is C17H14Cl2N2O. The average Bonchev–Trinajstić information content (AvgIpc) is 2.91. The minimum absolute atomic E-state index is 0.00177. The molecule has 3 aromatic rings. The molecular weight excluding hydrogens is 319 g/mol. The number of phenols is 1. The molecule has 0 saturated heterocycles. The van der Waals surface area contributed by atoms with Crippen molar-refractivity contribution in [3.63, 3.8) is 0 Å². The molecule has 0 saturated carbocycles. The Morgan fingerprint density at radius 1 is 1.18 bits per heavy atom. The second kappa shape index (κ2) is 6.42. The lowest BCUT2D eigenvalue weighted by atomic mass is 10.1. The predicted molar refractivity (Wildman–Crippen MR) is 92.6 cm³/mol. The predicted octanol–water partition coefficient (Wildman–Crippen LogP) is 4.84. The summed E-state index contributed by atoms with van der Waals surface area (Å²) in [4.78, 5) is 7.59. The largest absolute Gasteiger partial charge is 0.506 e. The zero-order valence-corrected chi connectivity index (χ0v) is 13.2. The standard InChI is InChI=1S/C17H14Cl2N2O/c18-13-7-12(17(22)15(19)8-13)9-20-6-5-11-10-21-16-4-2-1-3-14(11)16/h1-4,7-10,21-22H,5-6H2. The number of benzene rings is 2. The van der Waals surface area contributed by atoms with Crippen molar-refractivity contribution >= 4 is 40.3 Å². The Labute approximate surface area is 138 Å². The van der Waals surface area contributed by atoms with Gasteiger partial charge in [-0.05, 0) is 30.2 Å². The molecule has 3 nitrogen and oxygen atoms in total. The van der Waals surface area contributed by atoms with Crippen LogP contribution in [0.5, 0.6) is 5.75 Å². The molecule has 0 unspecified atom stereocenters. The van der Waals surface area contributed by atoms with Crippen molar-refractivity contribution in [3.8, 4) is 5.75 Å². The van der Waals surface area contributed by atoms with Crippen LogP contribution in [-0.2, 0) is 6.42 Å². The molecule has 0 spiro atoms. The molecule has 5 heteroatoms. The number of H-pyrrole nitrogens is 1. The summed E-state index contributed by atoms with van der Waals surface area (Å²) in [6, 6.07) is 11.3. The Hall–Kier alpha value is -1.97. The molecule has 2 N–H and O–H groups in total. The van der Waals surface area contributed by atoms with E-state index >= 15 is 0 Å². The molecule has 0 bridgehead atoms. The number of fused-ring (bicyclic) bond motifs is 1. The summed E-state index contributed by atoms with van der Waals surface area (Å²) in [5.74, 6) is 0.00177. The van der Waals surface area contributed by atoms with Crippen LogP contribution in [0.2, 0.25) is 10.0 Å². The number of halogens is 2. The minimum Gasteiger partial charge on any atom is -0.506 e. The summed E-state index contributed by atoms with van der Waals surface area (Å²) >= 11 is 11.8. The number of phenolic OH excluding ortho intramolecular Hbond substituents is 1. The van der Waals surface area contributed by atoms with Crippen LogP contribution in [0.15, 0.2) is 47.6 Å². The van der Waals surface area contributed by atoms with Gasteiger partial charge in [0.25, 0.3) is 0 Å². The first-order valence-corrected chi connectivity index (χ1v) is 7.63. The van der Waals surface area contributed by atoms with Gasteiger partial charge < -0.3 is 10.1 Å². The number of nitrogens with one attached hydrogen (secondary N) is 1. The molecule has 0 amide bonds.